The van der Waals surface area contributed by atoms with Gasteiger partial charge in [0.05, 0.1) is 11.7 Å². The minimum atomic E-state index is -0.933. The lowest BCUT2D eigenvalue weighted by atomic mass is 10.2. The average Bonchev–Trinajstić information content (AvgIpc) is 2.37. The molecule has 0 aliphatic heterocycles. The van der Waals surface area contributed by atoms with Gasteiger partial charge in [-0.1, -0.05) is 13.3 Å². The normalized spacial score (nSPS) is 12.1. The molecule has 1 N–H and O–H groups in total. The number of benzene rings is 1. The third-order valence-electron chi connectivity index (χ3n) is 2.49. The Balaban J connectivity index is 2.32. The standard InChI is InChI=1S/C14H20O4/c1-3-4-9-17-11(2)10-18-13-7-5-12(6-8-13)14(15)16/h5-8,11H,3-4,9-10H2,1-2H3,(H,15,16). The molecule has 18 heavy (non-hydrogen) atoms. The molecule has 0 saturated carbocycles. The van der Waals surface area contributed by atoms with Crippen LogP contribution < -0.4 is 4.74 Å². The van der Waals surface area contributed by atoms with Crippen molar-refractivity contribution in [2.45, 2.75) is 32.8 Å². The number of unbranched alkanes of at least 4 members (excludes halogenated alkanes) is 1. The Morgan fingerprint density at radius 3 is 2.56 bits per heavy atom. The molecular weight excluding hydrogens is 232 g/mol. The Bertz CT molecular complexity index is 359. The van der Waals surface area contributed by atoms with Gasteiger partial charge in [-0.05, 0) is 37.6 Å². The number of carboxylic acid groups (broad SMARTS) is 1. The predicted octanol–water partition coefficient (Wildman–Crippen LogP) is 2.97. The second-order valence-corrected chi connectivity index (χ2v) is 4.18. The van der Waals surface area contributed by atoms with Crippen LogP contribution >= 0.6 is 0 Å². The van der Waals surface area contributed by atoms with Crippen LogP contribution in [0.2, 0.25) is 0 Å². The first kappa shape index (κ1) is 14.5. The highest BCUT2D eigenvalue weighted by molar-refractivity contribution is 5.87. The van der Waals surface area contributed by atoms with Gasteiger partial charge in [0.1, 0.15) is 12.4 Å². The van der Waals surface area contributed by atoms with E-state index in [1.807, 2.05) is 6.92 Å². The lowest BCUT2D eigenvalue weighted by Gasteiger charge is -2.14. The number of carbonyl (C=O) groups is 1. The summed E-state index contributed by atoms with van der Waals surface area (Å²) in [6.45, 7) is 5.30. The Morgan fingerprint density at radius 2 is 2.00 bits per heavy atom. The Morgan fingerprint density at radius 1 is 1.33 bits per heavy atom. The highest BCUT2D eigenvalue weighted by atomic mass is 16.5. The Kier molecular flexibility index (Phi) is 6.22. The molecule has 0 spiro atoms. The lowest BCUT2D eigenvalue weighted by Crippen LogP contribution is -2.18. The smallest absolute Gasteiger partial charge is 0.335 e. The SMILES string of the molecule is CCCCOC(C)COc1ccc(C(=O)O)cc1. The van der Waals surface area contributed by atoms with E-state index in [1.54, 1.807) is 12.1 Å². The van der Waals surface area contributed by atoms with Crippen LogP contribution in [-0.4, -0.2) is 30.4 Å². The molecular formula is C14H20O4. The molecule has 1 rings (SSSR count). The Hall–Kier alpha value is -1.55. The Labute approximate surface area is 108 Å². The van der Waals surface area contributed by atoms with Gasteiger partial charge < -0.3 is 14.6 Å². The topological polar surface area (TPSA) is 55.8 Å². The molecule has 4 heteroatoms. The second-order valence-electron chi connectivity index (χ2n) is 4.18. The number of rotatable bonds is 8. The average molecular weight is 252 g/mol. The largest absolute Gasteiger partial charge is 0.491 e. The molecule has 0 aliphatic rings. The number of hydrogen-bond acceptors (Lipinski definition) is 3. The van der Waals surface area contributed by atoms with E-state index in [-0.39, 0.29) is 11.7 Å². The first-order valence-electron chi connectivity index (χ1n) is 6.21. The molecule has 1 atom stereocenters. The van der Waals surface area contributed by atoms with Crippen LogP contribution in [0.1, 0.15) is 37.0 Å². The maximum Gasteiger partial charge on any atom is 0.335 e. The van der Waals surface area contributed by atoms with E-state index >= 15 is 0 Å². The van der Waals surface area contributed by atoms with Crippen molar-refractivity contribution in [2.24, 2.45) is 0 Å². The van der Waals surface area contributed by atoms with Gasteiger partial charge in [-0.15, -0.1) is 0 Å². The van der Waals surface area contributed by atoms with E-state index in [0.717, 1.165) is 19.4 Å². The van der Waals surface area contributed by atoms with Gasteiger partial charge in [0.25, 0.3) is 0 Å². The summed E-state index contributed by atoms with van der Waals surface area (Å²) in [5, 5.41) is 8.75. The highest BCUT2D eigenvalue weighted by Gasteiger charge is 2.05. The third-order valence-corrected chi connectivity index (χ3v) is 2.49. The van der Waals surface area contributed by atoms with Crippen LogP contribution in [0.25, 0.3) is 0 Å². The van der Waals surface area contributed by atoms with Crippen LogP contribution in [0, 0.1) is 0 Å². The minimum Gasteiger partial charge on any atom is -0.491 e. The van der Waals surface area contributed by atoms with Gasteiger partial charge in [0.15, 0.2) is 0 Å². The fourth-order valence-electron chi connectivity index (χ4n) is 1.38. The van der Waals surface area contributed by atoms with E-state index in [2.05, 4.69) is 6.92 Å². The van der Waals surface area contributed by atoms with Crippen LogP contribution in [0.3, 0.4) is 0 Å². The first-order chi connectivity index (χ1) is 8.63. The minimum absolute atomic E-state index is 0.0377. The summed E-state index contributed by atoms with van der Waals surface area (Å²) >= 11 is 0. The fraction of sp³-hybridized carbons (Fsp3) is 0.500. The van der Waals surface area contributed by atoms with Crippen molar-refractivity contribution in [1.29, 1.82) is 0 Å². The molecule has 1 aromatic carbocycles. The molecule has 0 aliphatic carbocycles. The molecule has 0 amide bonds. The van der Waals surface area contributed by atoms with E-state index in [0.29, 0.717) is 12.4 Å². The molecule has 0 aromatic heterocycles. The van der Waals surface area contributed by atoms with E-state index in [4.69, 9.17) is 14.6 Å². The van der Waals surface area contributed by atoms with Crippen LogP contribution in [-0.2, 0) is 4.74 Å². The van der Waals surface area contributed by atoms with Gasteiger partial charge in [-0.25, -0.2) is 4.79 Å². The fourth-order valence-corrected chi connectivity index (χ4v) is 1.38. The van der Waals surface area contributed by atoms with Crippen molar-refractivity contribution < 1.29 is 19.4 Å². The molecule has 100 valence electrons. The second kappa shape index (κ2) is 7.71. The molecule has 1 unspecified atom stereocenters. The third kappa shape index (κ3) is 5.19. The highest BCUT2D eigenvalue weighted by Crippen LogP contribution is 2.12. The molecule has 0 bridgehead atoms. The summed E-state index contributed by atoms with van der Waals surface area (Å²) in [6.07, 6.45) is 2.21. The lowest BCUT2D eigenvalue weighted by molar-refractivity contribution is 0.0308. The summed E-state index contributed by atoms with van der Waals surface area (Å²) in [7, 11) is 0. The van der Waals surface area contributed by atoms with Crippen molar-refractivity contribution in [3.63, 3.8) is 0 Å². The van der Waals surface area contributed by atoms with Crippen LogP contribution in [0.4, 0.5) is 0 Å². The molecule has 0 heterocycles. The summed E-state index contributed by atoms with van der Waals surface area (Å²) in [5.41, 5.74) is 0.259. The molecule has 1 aromatic rings. The van der Waals surface area contributed by atoms with Crippen molar-refractivity contribution in [3.8, 4) is 5.75 Å². The number of ether oxygens (including phenoxy) is 2. The number of carboxylic acids is 1. The maximum atomic E-state index is 10.7. The molecule has 0 fully saturated rings. The van der Waals surface area contributed by atoms with Crippen molar-refractivity contribution >= 4 is 5.97 Å². The first-order valence-corrected chi connectivity index (χ1v) is 6.21. The zero-order chi connectivity index (χ0) is 13.4. The van der Waals surface area contributed by atoms with Crippen LogP contribution in [0.5, 0.6) is 5.75 Å². The van der Waals surface area contributed by atoms with Crippen LogP contribution in [0.15, 0.2) is 24.3 Å². The zero-order valence-corrected chi connectivity index (χ0v) is 10.9. The van der Waals surface area contributed by atoms with Gasteiger partial charge in [-0.2, -0.15) is 0 Å². The predicted molar refractivity (Wildman–Crippen MR) is 69.2 cm³/mol. The van der Waals surface area contributed by atoms with E-state index in [9.17, 15) is 4.79 Å². The summed E-state index contributed by atoms with van der Waals surface area (Å²) < 4.78 is 11.1. The van der Waals surface area contributed by atoms with Gasteiger partial charge in [0, 0.05) is 6.61 Å². The monoisotopic (exact) mass is 252 g/mol. The molecule has 0 radical (unpaired) electrons. The summed E-state index contributed by atoms with van der Waals surface area (Å²) in [6, 6.07) is 6.37. The molecule has 0 saturated heterocycles. The van der Waals surface area contributed by atoms with Gasteiger partial charge in [0.2, 0.25) is 0 Å². The van der Waals surface area contributed by atoms with Gasteiger partial charge in [-0.3, -0.25) is 0 Å². The van der Waals surface area contributed by atoms with Crippen molar-refractivity contribution in [1.82, 2.24) is 0 Å². The van der Waals surface area contributed by atoms with Crippen molar-refractivity contribution in [3.05, 3.63) is 29.8 Å². The molecule has 4 nitrogen and oxygen atoms in total. The van der Waals surface area contributed by atoms with Gasteiger partial charge >= 0.3 is 5.97 Å². The van der Waals surface area contributed by atoms with Crippen molar-refractivity contribution in [2.75, 3.05) is 13.2 Å². The number of aromatic carboxylic acids is 1. The number of hydrogen-bond donors (Lipinski definition) is 1. The summed E-state index contributed by atoms with van der Waals surface area (Å²) in [4.78, 5) is 10.7. The quantitative estimate of drug-likeness (QED) is 0.723. The zero-order valence-electron chi connectivity index (χ0n) is 10.9. The maximum absolute atomic E-state index is 10.7. The van der Waals surface area contributed by atoms with E-state index < -0.39 is 5.97 Å². The summed E-state index contributed by atoms with van der Waals surface area (Å²) in [5.74, 6) is -0.274. The van der Waals surface area contributed by atoms with E-state index in [1.165, 1.54) is 12.1 Å².